The van der Waals surface area contributed by atoms with Crippen LogP contribution in [0.15, 0.2) is 42.6 Å². The van der Waals surface area contributed by atoms with Crippen LogP contribution in [-0.4, -0.2) is 29.7 Å². The smallest absolute Gasteiger partial charge is 0.269 e. The third-order valence-electron chi connectivity index (χ3n) is 2.77. The third-order valence-corrected chi connectivity index (χ3v) is 2.77. The topological polar surface area (TPSA) is 71.5 Å². The highest BCUT2D eigenvalue weighted by Gasteiger charge is 2.08. The Hall–Kier alpha value is -2.40. The van der Waals surface area contributed by atoms with Crippen molar-refractivity contribution in [2.45, 2.75) is 6.42 Å². The maximum atomic E-state index is 11.5. The van der Waals surface area contributed by atoms with E-state index in [1.54, 1.807) is 19.2 Å². The molecule has 2 rings (SSSR count). The molecule has 0 aliphatic rings. The summed E-state index contributed by atoms with van der Waals surface area (Å²) in [5.74, 6) is 0.929. The molecule has 0 aliphatic carbocycles. The molecule has 5 nitrogen and oxygen atoms in total. The third kappa shape index (κ3) is 3.33. The minimum absolute atomic E-state index is 0.0558. The molecule has 1 heterocycles. The first-order chi connectivity index (χ1) is 9.74. The minimum atomic E-state index is -0.265. The Morgan fingerprint density at radius 1 is 1.35 bits per heavy atom. The van der Waals surface area contributed by atoms with Gasteiger partial charge in [0.25, 0.3) is 5.91 Å². The van der Waals surface area contributed by atoms with E-state index in [2.05, 4.69) is 10.3 Å². The first-order valence-corrected chi connectivity index (χ1v) is 6.29. The largest absolute Gasteiger partial charge is 0.457 e. The number of benzene rings is 1. The molecule has 1 aromatic carbocycles. The van der Waals surface area contributed by atoms with E-state index in [-0.39, 0.29) is 12.5 Å². The summed E-state index contributed by atoms with van der Waals surface area (Å²) in [4.78, 5) is 15.5. The van der Waals surface area contributed by atoms with E-state index in [1.807, 2.05) is 24.3 Å². The van der Waals surface area contributed by atoms with Gasteiger partial charge < -0.3 is 15.2 Å². The predicted octanol–water partition coefficient (Wildman–Crippen LogP) is 1.77. The Labute approximate surface area is 117 Å². The molecule has 2 N–H and O–H groups in total. The fourth-order valence-electron chi connectivity index (χ4n) is 1.78. The first kappa shape index (κ1) is 14.0. The van der Waals surface area contributed by atoms with Crippen LogP contribution in [0.4, 0.5) is 0 Å². The fraction of sp³-hybridized carbons (Fsp3) is 0.200. The molecule has 0 radical (unpaired) electrons. The van der Waals surface area contributed by atoms with Gasteiger partial charge in [-0.2, -0.15) is 0 Å². The second-order valence-corrected chi connectivity index (χ2v) is 4.14. The number of hydrogen-bond acceptors (Lipinski definition) is 4. The molecular weight excluding hydrogens is 256 g/mol. The van der Waals surface area contributed by atoms with Gasteiger partial charge in [-0.15, -0.1) is 0 Å². The SMILES string of the molecule is CNC(=O)c1cc(Oc2ccccc2CCO)ccn1. The van der Waals surface area contributed by atoms with Gasteiger partial charge in [0.05, 0.1) is 0 Å². The molecule has 20 heavy (non-hydrogen) atoms. The molecule has 0 saturated heterocycles. The van der Waals surface area contributed by atoms with Gasteiger partial charge in [-0.1, -0.05) is 18.2 Å². The van der Waals surface area contributed by atoms with Gasteiger partial charge in [0.2, 0.25) is 0 Å². The van der Waals surface area contributed by atoms with Gasteiger partial charge in [0.15, 0.2) is 0 Å². The van der Waals surface area contributed by atoms with Gasteiger partial charge in [-0.05, 0) is 24.1 Å². The highest BCUT2D eigenvalue weighted by Crippen LogP contribution is 2.25. The van der Waals surface area contributed by atoms with Crippen molar-refractivity contribution < 1.29 is 14.6 Å². The number of carbonyl (C=O) groups is 1. The monoisotopic (exact) mass is 272 g/mol. The summed E-state index contributed by atoms with van der Waals surface area (Å²) in [6.45, 7) is 0.0558. The second-order valence-electron chi connectivity index (χ2n) is 4.14. The van der Waals surface area contributed by atoms with Crippen LogP contribution in [0, 0.1) is 0 Å². The van der Waals surface area contributed by atoms with E-state index < -0.39 is 0 Å². The van der Waals surface area contributed by atoms with Crippen molar-refractivity contribution in [3.05, 3.63) is 53.9 Å². The predicted molar refractivity (Wildman–Crippen MR) is 74.9 cm³/mol. The summed E-state index contributed by atoms with van der Waals surface area (Å²) in [6.07, 6.45) is 2.04. The van der Waals surface area contributed by atoms with Crippen LogP contribution >= 0.6 is 0 Å². The van der Waals surface area contributed by atoms with E-state index in [4.69, 9.17) is 9.84 Å². The number of amides is 1. The number of para-hydroxylation sites is 1. The Bertz CT molecular complexity index is 599. The number of pyridine rings is 1. The number of aliphatic hydroxyl groups excluding tert-OH is 1. The van der Waals surface area contributed by atoms with Crippen LogP contribution in [0.5, 0.6) is 11.5 Å². The lowest BCUT2D eigenvalue weighted by molar-refractivity contribution is 0.0958. The van der Waals surface area contributed by atoms with Crippen LogP contribution in [-0.2, 0) is 6.42 Å². The molecule has 0 aliphatic heterocycles. The molecule has 0 saturated carbocycles. The summed E-state index contributed by atoms with van der Waals surface area (Å²) < 4.78 is 5.77. The first-order valence-electron chi connectivity index (χ1n) is 6.29. The summed E-state index contributed by atoms with van der Waals surface area (Å²) in [5.41, 5.74) is 1.21. The lowest BCUT2D eigenvalue weighted by Crippen LogP contribution is -2.18. The molecule has 104 valence electrons. The molecule has 2 aromatic rings. The molecule has 1 amide bonds. The zero-order valence-electron chi connectivity index (χ0n) is 11.2. The molecular formula is C15H16N2O3. The average Bonchev–Trinajstić information content (AvgIpc) is 2.49. The fourth-order valence-corrected chi connectivity index (χ4v) is 1.78. The van der Waals surface area contributed by atoms with Crippen molar-refractivity contribution in [1.29, 1.82) is 0 Å². The van der Waals surface area contributed by atoms with Gasteiger partial charge in [0, 0.05) is 25.9 Å². The number of nitrogens with one attached hydrogen (secondary N) is 1. The summed E-state index contributed by atoms with van der Waals surface area (Å²) >= 11 is 0. The number of aliphatic hydroxyl groups is 1. The maximum Gasteiger partial charge on any atom is 0.269 e. The van der Waals surface area contributed by atoms with E-state index >= 15 is 0 Å². The van der Waals surface area contributed by atoms with Crippen molar-refractivity contribution in [2.24, 2.45) is 0 Å². The van der Waals surface area contributed by atoms with Crippen LogP contribution in [0.2, 0.25) is 0 Å². The summed E-state index contributed by atoms with van der Waals surface area (Å²) in [6, 6.07) is 10.7. The number of carbonyl (C=O) groups excluding carboxylic acids is 1. The molecule has 0 fully saturated rings. The van der Waals surface area contributed by atoms with Crippen molar-refractivity contribution in [3.8, 4) is 11.5 Å². The lowest BCUT2D eigenvalue weighted by Gasteiger charge is -2.10. The zero-order valence-corrected chi connectivity index (χ0v) is 11.2. The van der Waals surface area contributed by atoms with Crippen molar-refractivity contribution in [1.82, 2.24) is 10.3 Å². The highest BCUT2D eigenvalue weighted by atomic mass is 16.5. The Balaban J connectivity index is 2.24. The number of rotatable bonds is 5. The van der Waals surface area contributed by atoms with E-state index in [1.165, 1.54) is 6.20 Å². The number of hydrogen-bond donors (Lipinski definition) is 2. The second kappa shape index (κ2) is 6.68. The molecule has 1 aromatic heterocycles. The van der Waals surface area contributed by atoms with E-state index in [9.17, 15) is 4.79 Å². The number of aromatic nitrogens is 1. The summed E-state index contributed by atoms with van der Waals surface area (Å²) in [5, 5.41) is 11.6. The molecule has 0 bridgehead atoms. The minimum Gasteiger partial charge on any atom is -0.457 e. The van der Waals surface area contributed by atoms with Crippen LogP contribution in [0.25, 0.3) is 0 Å². The van der Waals surface area contributed by atoms with E-state index in [0.29, 0.717) is 23.6 Å². The van der Waals surface area contributed by atoms with Gasteiger partial charge in [-0.25, -0.2) is 0 Å². The van der Waals surface area contributed by atoms with Gasteiger partial charge in [-0.3, -0.25) is 9.78 Å². The summed E-state index contributed by atoms with van der Waals surface area (Å²) in [7, 11) is 1.55. The number of ether oxygens (including phenoxy) is 1. The van der Waals surface area contributed by atoms with Crippen LogP contribution < -0.4 is 10.1 Å². The quantitative estimate of drug-likeness (QED) is 0.870. The van der Waals surface area contributed by atoms with Crippen molar-refractivity contribution in [2.75, 3.05) is 13.7 Å². The van der Waals surface area contributed by atoms with Crippen molar-refractivity contribution >= 4 is 5.91 Å². The van der Waals surface area contributed by atoms with E-state index in [0.717, 1.165) is 5.56 Å². The lowest BCUT2D eigenvalue weighted by atomic mass is 10.1. The van der Waals surface area contributed by atoms with Crippen molar-refractivity contribution in [3.63, 3.8) is 0 Å². The normalized spacial score (nSPS) is 10.1. The average molecular weight is 272 g/mol. The van der Waals surface area contributed by atoms with Gasteiger partial charge in [0.1, 0.15) is 17.2 Å². The molecule has 5 heteroatoms. The molecule has 0 atom stereocenters. The van der Waals surface area contributed by atoms with Crippen LogP contribution in [0.1, 0.15) is 16.1 Å². The highest BCUT2D eigenvalue weighted by molar-refractivity contribution is 5.92. The Morgan fingerprint density at radius 2 is 2.15 bits per heavy atom. The standard InChI is InChI=1S/C15H16N2O3/c1-16-15(19)13-10-12(6-8-17-13)20-14-5-3-2-4-11(14)7-9-18/h2-6,8,10,18H,7,9H2,1H3,(H,16,19). The Kier molecular flexibility index (Phi) is 4.68. The number of nitrogens with zero attached hydrogens (tertiary/aromatic N) is 1. The maximum absolute atomic E-state index is 11.5. The Morgan fingerprint density at radius 3 is 2.90 bits per heavy atom. The molecule has 0 spiro atoms. The van der Waals surface area contributed by atoms with Gasteiger partial charge >= 0.3 is 0 Å². The molecule has 0 unspecified atom stereocenters. The zero-order chi connectivity index (χ0) is 14.4. The van der Waals surface area contributed by atoms with Crippen LogP contribution in [0.3, 0.4) is 0 Å².